The first kappa shape index (κ1) is 21.4. The van der Waals surface area contributed by atoms with Crippen LogP contribution in [0.15, 0.2) is 45.6 Å². The predicted octanol–water partition coefficient (Wildman–Crippen LogP) is 2.18. The molecule has 11 heteroatoms. The Morgan fingerprint density at radius 3 is 2.93 bits per heavy atom. The molecule has 0 bridgehead atoms. The molecule has 2 aliphatic heterocycles. The van der Waals surface area contributed by atoms with Crippen LogP contribution in [0.3, 0.4) is 0 Å². The number of benzene rings is 1. The first-order valence-electron chi connectivity index (χ1n) is 9.28. The SMILES string of the molecule is NCCC(=S)c1nnsc1SC1=CN2C(=O)C(NC(=O)Cc3ccccc3)[C@@H]2SC1. The Kier molecular flexibility index (Phi) is 6.84. The third-order valence-electron chi connectivity index (χ3n) is 4.60. The Bertz CT molecular complexity index is 994. The lowest BCUT2D eigenvalue weighted by Gasteiger charge is -2.47. The van der Waals surface area contributed by atoms with Crippen LogP contribution in [0.25, 0.3) is 0 Å². The predicted molar refractivity (Wildman–Crippen MR) is 124 cm³/mol. The van der Waals surface area contributed by atoms with Gasteiger partial charge < -0.3 is 16.0 Å². The third kappa shape index (κ3) is 4.59. The third-order valence-corrected chi connectivity index (χ3v) is 8.39. The van der Waals surface area contributed by atoms with Gasteiger partial charge >= 0.3 is 0 Å². The summed E-state index contributed by atoms with van der Waals surface area (Å²) in [6.07, 6.45) is 2.73. The molecule has 0 saturated carbocycles. The molecule has 156 valence electrons. The summed E-state index contributed by atoms with van der Waals surface area (Å²) in [7, 11) is 0. The number of carbonyl (C=O) groups is 2. The Balaban J connectivity index is 1.36. The van der Waals surface area contributed by atoms with Crippen LogP contribution in [0.5, 0.6) is 0 Å². The quantitative estimate of drug-likeness (QED) is 0.339. The maximum absolute atomic E-state index is 12.6. The van der Waals surface area contributed by atoms with E-state index in [0.29, 0.717) is 23.5 Å². The molecule has 0 spiro atoms. The molecule has 3 heterocycles. The molecule has 1 aromatic heterocycles. The summed E-state index contributed by atoms with van der Waals surface area (Å²) in [6, 6.07) is 9.02. The average molecular weight is 478 g/mol. The van der Waals surface area contributed by atoms with Gasteiger partial charge in [-0.3, -0.25) is 9.59 Å². The van der Waals surface area contributed by atoms with Crippen LogP contribution >= 0.6 is 47.3 Å². The summed E-state index contributed by atoms with van der Waals surface area (Å²) in [5.41, 5.74) is 7.22. The Morgan fingerprint density at radius 1 is 1.37 bits per heavy atom. The van der Waals surface area contributed by atoms with Crippen LogP contribution in [0.1, 0.15) is 17.7 Å². The largest absolute Gasteiger partial charge is 0.341 e. The van der Waals surface area contributed by atoms with Crippen LogP contribution in [0.2, 0.25) is 0 Å². The molecule has 1 aromatic carbocycles. The van der Waals surface area contributed by atoms with E-state index in [0.717, 1.165) is 20.4 Å². The number of amides is 2. The zero-order valence-electron chi connectivity index (χ0n) is 15.8. The fourth-order valence-corrected chi connectivity index (χ4v) is 6.77. The number of nitrogens with two attached hydrogens (primary N) is 1. The van der Waals surface area contributed by atoms with Crippen molar-refractivity contribution in [3.8, 4) is 0 Å². The fraction of sp³-hybridized carbons (Fsp3) is 0.316. The molecular formula is C19H19N5O2S4. The van der Waals surface area contributed by atoms with Crippen LogP contribution < -0.4 is 11.1 Å². The number of thiocarbonyl (C=S) groups is 1. The first-order valence-corrected chi connectivity index (χ1v) is 12.3. The van der Waals surface area contributed by atoms with Gasteiger partial charge in [0, 0.05) is 21.7 Å². The van der Waals surface area contributed by atoms with E-state index in [9.17, 15) is 9.59 Å². The number of fused-ring (bicyclic) bond motifs is 1. The first-order chi connectivity index (χ1) is 14.6. The number of nitrogens with zero attached hydrogens (tertiary/aromatic N) is 3. The van der Waals surface area contributed by atoms with Crippen molar-refractivity contribution in [1.29, 1.82) is 0 Å². The molecule has 3 N–H and O–H groups in total. The second kappa shape index (κ2) is 9.56. The molecule has 2 atom stereocenters. The van der Waals surface area contributed by atoms with E-state index in [1.807, 2.05) is 36.5 Å². The summed E-state index contributed by atoms with van der Waals surface area (Å²) in [4.78, 5) is 28.3. The van der Waals surface area contributed by atoms with E-state index >= 15 is 0 Å². The van der Waals surface area contributed by atoms with Crippen LogP contribution in [-0.2, 0) is 16.0 Å². The van der Waals surface area contributed by atoms with Crippen LogP contribution in [-0.4, -0.2) is 54.9 Å². The molecule has 2 amide bonds. The summed E-state index contributed by atoms with van der Waals surface area (Å²) in [5.74, 6) is 0.510. The molecule has 0 radical (unpaired) electrons. The number of β-lactam (4-membered cyclic amide) rings is 1. The van der Waals surface area contributed by atoms with Crippen molar-refractivity contribution in [2.24, 2.45) is 5.73 Å². The maximum atomic E-state index is 12.6. The smallest absolute Gasteiger partial charge is 0.253 e. The number of hydrogen-bond donors (Lipinski definition) is 2. The summed E-state index contributed by atoms with van der Waals surface area (Å²) < 4.78 is 4.93. The monoisotopic (exact) mass is 477 g/mol. The van der Waals surface area contributed by atoms with Crippen molar-refractivity contribution in [2.75, 3.05) is 12.3 Å². The number of nitrogens with one attached hydrogen (secondary N) is 1. The van der Waals surface area contributed by atoms with Gasteiger partial charge in [0.15, 0.2) is 0 Å². The van der Waals surface area contributed by atoms with Crippen molar-refractivity contribution in [1.82, 2.24) is 19.8 Å². The Labute approximate surface area is 192 Å². The molecule has 7 nitrogen and oxygen atoms in total. The number of carbonyl (C=O) groups excluding carboxylic acids is 2. The van der Waals surface area contributed by atoms with Crippen LogP contribution in [0, 0.1) is 0 Å². The van der Waals surface area contributed by atoms with Gasteiger partial charge in [0.1, 0.15) is 21.3 Å². The normalized spacial score (nSPS) is 20.2. The van der Waals surface area contributed by atoms with Gasteiger partial charge in [-0.15, -0.1) is 16.9 Å². The van der Waals surface area contributed by atoms with E-state index in [-0.39, 0.29) is 23.6 Å². The van der Waals surface area contributed by atoms with E-state index in [2.05, 4.69) is 14.9 Å². The van der Waals surface area contributed by atoms with Gasteiger partial charge in [0.05, 0.1) is 6.42 Å². The summed E-state index contributed by atoms with van der Waals surface area (Å²) >= 11 is 9.85. The lowest BCUT2D eigenvalue weighted by atomic mass is 10.1. The van der Waals surface area contributed by atoms with Gasteiger partial charge in [-0.1, -0.05) is 58.8 Å². The second-order valence-electron chi connectivity index (χ2n) is 6.72. The number of rotatable bonds is 8. The van der Waals surface area contributed by atoms with Gasteiger partial charge in [-0.05, 0) is 30.1 Å². The highest BCUT2D eigenvalue weighted by molar-refractivity contribution is 8.07. The van der Waals surface area contributed by atoms with Crippen molar-refractivity contribution in [3.63, 3.8) is 0 Å². The molecule has 2 aliphatic rings. The highest BCUT2D eigenvalue weighted by atomic mass is 32.2. The lowest BCUT2D eigenvalue weighted by molar-refractivity contribution is -0.144. The van der Waals surface area contributed by atoms with E-state index in [1.54, 1.807) is 16.7 Å². The van der Waals surface area contributed by atoms with Crippen LogP contribution in [0.4, 0.5) is 0 Å². The van der Waals surface area contributed by atoms with Crippen molar-refractivity contribution in [2.45, 2.75) is 28.5 Å². The fourth-order valence-electron chi connectivity index (χ4n) is 3.14. The van der Waals surface area contributed by atoms with E-state index < -0.39 is 6.04 Å². The highest BCUT2D eigenvalue weighted by Gasteiger charge is 2.49. The summed E-state index contributed by atoms with van der Waals surface area (Å²) in [5, 5.41) is 6.94. The highest BCUT2D eigenvalue weighted by Crippen LogP contribution is 2.42. The van der Waals surface area contributed by atoms with Crippen molar-refractivity contribution >= 4 is 64.0 Å². The lowest BCUT2D eigenvalue weighted by Crippen LogP contribution is -2.68. The molecule has 30 heavy (non-hydrogen) atoms. The molecule has 1 saturated heterocycles. The average Bonchev–Trinajstić information content (AvgIpc) is 3.21. The minimum atomic E-state index is -0.480. The molecular weight excluding hydrogens is 459 g/mol. The van der Waals surface area contributed by atoms with Crippen molar-refractivity contribution in [3.05, 3.63) is 52.7 Å². The van der Waals surface area contributed by atoms with Gasteiger partial charge in [0.25, 0.3) is 5.91 Å². The van der Waals surface area contributed by atoms with Gasteiger partial charge in [-0.25, -0.2) is 0 Å². The second-order valence-corrected chi connectivity index (χ2v) is 10.5. The zero-order valence-corrected chi connectivity index (χ0v) is 19.1. The Morgan fingerprint density at radius 2 is 2.17 bits per heavy atom. The topological polar surface area (TPSA) is 101 Å². The van der Waals surface area contributed by atoms with Gasteiger partial charge in [0.2, 0.25) is 5.91 Å². The standard InChI is InChI=1S/C19H19N5O2S4/c20-7-6-13(27)15-19(30-23-22-15)29-12-9-24-17(26)16(18(24)28-10-12)21-14(25)8-11-4-2-1-3-5-11/h1-5,9,16,18H,6-8,10,20H2,(H,21,25)/t16?,18-/m0/s1. The van der Waals surface area contributed by atoms with Crippen molar-refractivity contribution < 1.29 is 9.59 Å². The van der Waals surface area contributed by atoms with E-state index in [4.69, 9.17) is 18.0 Å². The minimum absolute atomic E-state index is 0.0704. The molecule has 2 aromatic rings. The maximum Gasteiger partial charge on any atom is 0.253 e. The van der Waals surface area contributed by atoms with Gasteiger partial charge in [-0.2, -0.15) is 0 Å². The minimum Gasteiger partial charge on any atom is -0.341 e. The Hall–Kier alpha value is -1.79. The molecule has 0 aliphatic carbocycles. The molecule has 1 fully saturated rings. The molecule has 4 rings (SSSR count). The number of aromatic nitrogens is 2. The molecule has 1 unspecified atom stereocenters. The summed E-state index contributed by atoms with van der Waals surface area (Å²) in [6.45, 7) is 0.473. The number of hydrogen-bond acceptors (Lipinski definition) is 9. The van der Waals surface area contributed by atoms with E-state index in [1.165, 1.54) is 23.3 Å². The zero-order chi connectivity index (χ0) is 21.1. The number of thioether (sulfide) groups is 2.